The number of alkyl halides is 3. The molecule has 2 aromatic rings. The quantitative estimate of drug-likeness (QED) is 0.684. The van der Waals surface area contributed by atoms with Gasteiger partial charge in [-0.25, -0.2) is 4.79 Å². The summed E-state index contributed by atoms with van der Waals surface area (Å²) in [5.74, 6) is -0.620. The summed E-state index contributed by atoms with van der Waals surface area (Å²) in [4.78, 5) is 12.0. The molecule has 27 heavy (non-hydrogen) atoms. The lowest BCUT2D eigenvalue weighted by Crippen LogP contribution is -2.33. The Bertz CT molecular complexity index is 834. The van der Waals surface area contributed by atoms with Crippen LogP contribution in [-0.4, -0.2) is 34.6 Å². The number of nitrogens with zero attached hydrogens (tertiary/aromatic N) is 2. The van der Waals surface area contributed by atoms with Gasteiger partial charge in [0.2, 0.25) is 0 Å². The summed E-state index contributed by atoms with van der Waals surface area (Å²) in [5.41, 5.74) is 2.25. The van der Waals surface area contributed by atoms with Crippen LogP contribution in [0.2, 0.25) is 5.02 Å². The summed E-state index contributed by atoms with van der Waals surface area (Å²) in [7, 11) is 0. The van der Waals surface area contributed by atoms with E-state index in [-0.39, 0.29) is 17.3 Å². The van der Waals surface area contributed by atoms with Crippen molar-refractivity contribution >= 4 is 23.3 Å². The van der Waals surface area contributed by atoms with E-state index in [2.05, 4.69) is 10.4 Å². The van der Waals surface area contributed by atoms with E-state index >= 15 is 0 Å². The predicted octanol–water partition coefficient (Wildman–Crippen LogP) is 5.07. The molecule has 0 aliphatic heterocycles. The highest BCUT2D eigenvalue weighted by atomic mass is 35.5. The van der Waals surface area contributed by atoms with E-state index in [1.807, 2.05) is 6.92 Å². The van der Waals surface area contributed by atoms with Crippen LogP contribution in [0.1, 0.15) is 36.8 Å². The summed E-state index contributed by atoms with van der Waals surface area (Å²) in [6.07, 6.45) is -4.34. The molecule has 1 heterocycles. The number of benzene rings is 1. The maximum absolute atomic E-state index is 12.7. The lowest BCUT2D eigenvalue weighted by Gasteiger charge is -2.19. The minimum atomic E-state index is -4.34. The van der Waals surface area contributed by atoms with Crippen molar-refractivity contribution in [1.82, 2.24) is 9.78 Å². The molecule has 1 aromatic carbocycles. The molecular weight excluding hydrogens is 383 g/mol. The van der Waals surface area contributed by atoms with Crippen LogP contribution in [0.3, 0.4) is 0 Å². The molecule has 0 aliphatic carbocycles. The number of esters is 1. The first-order valence-corrected chi connectivity index (χ1v) is 8.85. The van der Waals surface area contributed by atoms with E-state index in [0.717, 1.165) is 6.92 Å². The third-order valence-electron chi connectivity index (χ3n) is 4.02. The lowest BCUT2D eigenvalue weighted by atomic mass is 10.0. The maximum Gasteiger partial charge on any atom is 0.408 e. The van der Waals surface area contributed by atoms with Crippen molar-refractivity contribution in [3.05, 3.63) is 34.5 Å². The van der Waals surface area contributed by atoms with Crippen molar-refractivity contribution in [2.24, 2.45) is 0 Å². The van der Waals surface area contributed by atoms with Gasteiger partial charge < -0.3 is 10.1 Å². The molecule has 0 spiro atoms. The second-order valence-electron chi connectivity index (χ2n) is 5.98. The zero-order valence-corrected chi connectivity index (χ0v) is 16.2. The zero-order valence-electron chi connectivity index (χ0n) is 15.4. The Morgan fingerprint density at radius 3 is 2.56 bits per heavy atom. The van der Waals surface area contributed by atoms with Crippen LogP contribution in [0.25, 0.3) is 11.3 Å². The second-order valence-corrected chi connectivity index (χ2v) is 6.36. The third-order valence-corrected chi connectivity index (χ3v) is 4.38. The minimum Gasteiger partial charge on any atom is -0.461 e. The molecule has 0 amide bonds. The fourth-order valence-electron chi connectivity index (χ4n) is 2.61. The van der Waals surface area contributed by atoms with Crippen molar-refractivity contribution in [2.45, 2.75) is 46.5 Å². The van der Waals surface area contributed by atoms with Gasteiger partial charge in [-0.1, -0.05) is 17.7 Å². The summed E-state index contributed by atoms with van der Waals surface area (Å²) < 4.78 is 44.7. The van der Waals surface area contributed by atoms with E-state index in [0.29, 0.717) is 29.1 Å². The van der Waals surface area contributed by atoms with Crippen LogP contribution in [0.15, 0.2) is 18.2 Å². The standard InChI is InChI=1S/C18H21ClF3N3O2/c1-5-25-16(14(19)15(24-25)17(26)27-6-2)13-8-7-12(9-10(13)3)23-11(4)18(20,21)22/h7-9,11,23H,5-6H2,1-4H3. The van der Waals surface area contributed by atoms with Gasteiger partial charge in [-0.2, -0.15) is 18.3 Å². The Labute approximate surface area is 160 Å². The van der Waals surface area contributed by atoms with Crippen LogP contribution in [0, 0.1) is 6.92 Å². The SMILES string of the molecule is CCOC(=O)c1nn(CC)c(-c2ccc(NC(C)C(F)(F)F)cc2C)c1Cl. The van der Waals surface area contributed by atoms with Gasteiger partial charge in [0.25, 0.3) is 0 Å². The predicted molar refractivity (Wildman–Crippen MR) is 98.2 cm³/mol. The minimum absolute atomic E-state index is 0.0164. The van der Waals surface area contributed by atoms with Gasteiger partial charge in [0.15, 0.2) is 5.69 Å². The lowest BCUT2D eigenvalue weighted by molar-refractivity contribution is -0.138. The zero-order chi connectivity index (χ0) is 20.4. The Morgan fingerprint density at radius 2 is 2.04 bits per heavy atom. The number of hydrogen-bond acceptors (Lipinski definition) is 4. The number of halogens is 4. The summed E-state index contributed by atoms with van der Waals surface area (Å²) in [5, 5.41) is 6.80. The van der Waals surface area contributed by atoms with Crippen molar-refractivity contribution < 1.29 is 22.7 Å². The maximum atomic E-state index is 12.7. The Balaban J connectivity index is 2.43. The molecule has 1 N–H and O–H groups in total. The molecule has 9 heteroatoms. The highest BCUT2D eigenvalue weighted by Crippen LogP contribution is 2.35. The number of rotatable bonds is 6. The first-order chi connectivity index (χ1) is 12.6. The Kier molecular flexibility index (Phi) is 6.41. The number of ether oxygens (including phenoxy) is 1. The molecule has 2 rings (SSSR count). The average Bonchev–Trinajstić information content (AvgIpc) is 2.91. The van der Waals surface area contributed by atoms with Gasteiger partial charge in [-0.05, 0) is 45.4 Å². The first kappa shape index (κ1) is 21.1. The molecule has 0 saturated carbocycles. The second kappa shape index (κ2) is 8.21. The van der Waals surface area contributed by atoms with Crippen LogP contribution < -0.4 is 5.32 Å². The number of aryl methyl sites for hydroxylation is 2. The van der Waals surface area contributed by atoms with Gasteiger partial charge in [0, 0.05) is 17.8 Å². The van der Waals surface area contributed by atoms with Crippen LogP contribution in [0.4, 0.5) is 18.9 Å². The molecule has 0 radical (unpaired) electrons. The number of carbonyl (C=O) groups is 1. The third kappa shape index (κ3) is 4.55. The number of anilines is 1. The summed E-state index contributed by atoms with van der Waals surface area (Å²) in [6, 6.07) is 3.12. The van der Waals surface area contributed by atoms with Crippen molar-refractivity contribution in [2.75, 3.05) is 11.9 Å². The summed E-state index contributed by atoms with van der Waals surface area (Å²) in [6.45, 7) is 6.99. The number of aromatic nitrogens is 2. The van der Waals surface area contributed by atoms with Crippen LogP contribution >= 0.6 is 11.6 Å². The van der Waals surface area contributed by atoms with Gasteiger partial charge in [-0.15, -0.1) is 0 Å². The van der Waals surface area contributed by atoms with Crippen molar-refractivity contribution in [1.29, 1.82) is 0 Å². The summed E-state index contributed by atoms with van der Waals surface area (Å²) >= 11 is 6.38. The molecule has 5 nitrogen and oxygen atoms in total. The van der Waals surface area contributed by atoms with E-state index < -0.39 is 18.2 Å². The number of carbonyl (C=O) groups excluding carboxylic acids is 1. The van der Waals surface area contributed by atoms with E-state index in [4.69, 9.17) is 16.3 Å². The number of nitrogens with one attached hydrogen (secondary N) is 1. The molecule has 148 valence electrons. The fourth-order valence-corrected chi connectivity index (χ4v) is 2.92. The molecule has 0 bridgehead atoms. The molecule has 1 atom stereocenters. The van der Waals surface area contributed by atoms with Gasteiger partial charge >= 0.3 is 12.1 Å². The molecular formula is C18H21ClF3N3O2. The van der Waals surface area contributed by atoms with Crippen molar-refractivity contribution in [3.63, 3.8) is 0 Å². The smallest absolute Gasteiger partial charge is 0.408 e. The number of hydrogen-bond donors (Lipinski definition) is 1. The monoisotopic (exact) mass is 403 g/mol. The molecule has 0 saturated heterocycles. The first-order valence-electron chi connectivity index (χ1n) is 8.47. The molecule has 0 aliphatic rings. The highest BCUT2D eigenvalue weighted by molar-refractivity contribution is 6.35. The Morgan fingerprint density at radius 1 is 1.37 bits per heavy atom. The highest BCUT2D eigenvalue weighted by Gasteiger charge is 2.36. The van der Waals surface area contributed by atoms with Crippen molar-refractivity contribution in [3.8, 4) is 11.3 Å². The van der Waals surface area contributed by atoms with Crippen LogP contribution in [-0.2, 0) is 11.3 Å². The molecule has 1 aromatic heterocycles. The largest absolute Gasteiger partial charge is 0.461 e. The molecule has 1 unspecified atom stereocenters. The van der Waals surface area contributed by atoms with Gasteiger partial charge in [-0.3, -0.25) is 4.68 Å². The average molecular weight is 404 g/mol. The fraction of sp³-hybridized carbons (Fsp3) is 0.444. The topological polar surface area (TPSA) is 56.1 Å². The van der Waals surface area contributed by atoms with E-state index in [1.165, 1.54) is 6.07 Å². The van der Waals surface area contributed by atoms with Crippen LogP contribution in [0.5, 0.6) is 0 Å². The van der Waals surface area contributed by atoms with E-state index in [1.54, 1.807) is 30.7 Å². The van der Waals surface area contributed by atoms with Gasteiger partial charge in [0.1, 0.15) is 11.1 Å². The Hall–Kier alpha value is -2.22. The van der Waals surface area contributed by atoms with Gasteiger partial charge in [0.05, 0.1) is 12.3 Å². The molecule has 0 fully saturated rings. The van der Waals surface area contributed by atoms with E-state index in [9.17, 15) is 18.0 Å². The normalized spacial score (nSPS) is 12.7.